The van der Waals surface area contributed by atoms with Crippen LogP contribution in [-0.4, -0.2) is 37.2 Å². The predicted octanol–water partition coefficient (Wildman–Crippen LogP) is 3.87. The van der Waals surface area contributed by atoms with Crippen LogP contribution in [-0.2, 0) is 9.53 Å². The van der Waals surface area contributed by atoms with Crippen molar-refractivity contribution in [3.8, 4) is 5.75 Å². The number of esters is 1. The Bertz CT molecular complexity index is 763. The zero-order valence-electron chi connectivity index (χ0n) is 14.1. The molecule has 0 aromatic heterocycles. The molecule has 0 aliphatic carbocycles. The molecule has 0 spiro atoms. The zero-order valence-corrected chi connectivity index (χ0v) is 14.1. The van der Waals surface area contributed by atoms with Gasteiger partial charge in [-0.05, 0) is 25.3 Å². The molecule has 0 N–H and O–H groups in total. The maximum atomic E-state index is 12.4. The lowest BCUT2D eigenvalue weighted by atomic mass is 10.0. The van der Waals surface area contributed by atoms with Crippen LogP contribution in [0, 0.1) is 0 Å². The lowest BCUT2D eigenvalue weighted by molar-refractivity contribution is -0.134. The van der Waals surface area contributed by atoms with Crippen molar-refractivity contribution in [1.29, 1.82) is 0 Å². The van der Waals surface area contributed by atoms with Gasteiger partial charge in [0.1, 0.15) is 5.75 Å². The number of methoxy groups -OCH3 is 1. The molecule has 0 bridgehead atoms. The normalized spacial score (nSPS) is 10.8. The number of rotatable bonds is 5. The molecule has 5 nitrogen and oxygen atoms in total. The number of nitrogens with zero attached hydrogens (tertiary/aromatic N) is 1. The summed E-state index contributed by atoms with van der Waals surface area (Å²) in [7, 11) is 1.31. The van der Waals surface area contributed by atoms with Gasteiger partial charge in [-0.1, -0.05) is 36.4 Å². The first kappa shape index (κ1) is 17.5. The highest BCUT2D eigenvalue weighted by Gasteiger charge is 2.16. The smallest absolute Gasteiger partial charge is 0.415 e. The molecule has 5 heteroatoms. The molecule has 0 heterocycles. The molecule has 0 atom stereocenters. The Hall–Kier alpha value is -2.82. The highest BCUT2D eigenvalue weighted by atomic mass is 16.6. The number of amides is 1. The fraction of sp³-hybridized carbons (Fsp3) is 0.263. The van der Waals surface area contributed by atoms with Gasteiger partial charge in [0.15, 0.2) is 0 Å². The molecule has 0 fully saturated rings. The van der Waals surface area contributed by atoms with Crippen molar-refractivity contribution in [3.05, 3.63) is 48.0 Å². The summed E-state index contributed by atoms with van der Waals surface area (Å²) in [5.41, 5.74) is 0.639. The Balaban J connectivity index is 2.48. The Morgan fingerprint density at radius 1 is 1.08 bits per heavy atom. The number of carbonyl (C=O) groups excluding carboxylic acids is 2. The van der Waals surface area contributed by atoms with Gasteiger partial charge >= 0.3 is 12.1 Å². The number of carbonyl (C=O) groups is 2. The van der Waals surface area contributed by atoms with Crippen molar-refractivity contribution >= 4 is 28.9 Å². The summed E-state index contributed by atoms with van der Waals surface area (Å²) in [6.45, 7) is 4.92. The molecule has 0 radical (unpaired) electrons. The molecule has 2 rings (SSSR count). The van der Waals surface area contributed by atoms with Crippen molar-refractivity contribution in [3.63, 3.8) is 0 Å². The van der Waals surface area contributed by atoms with Crippen LogP contribution in [0.2, 0.25) is 0 Å². The van der Waals surface area contributed by atoms with E-state index in [-0.39, 0.29) is 0 Å². The molecule has 0 aliphatic rings. The van der Waals surface area contributed by atoms with Gasteiger partial charge in [-0.25, -0.2) is 9.59 Å². The van der Waals surface area contributed by atoms with Crippen molar-refractivity contribution in [1.82, 2.24) is 4.90 Å². The maximum Gasteiger partial charge on any atom is 0.415 e. The van der Waals surface area contributed by atoms with E-state index < -0.39 is 12.1 Å². The molecule has 1 amide bonds. The molecular formula is C19H21NO4. The van der Waals surface area contributed by atoms with Crippen molar-refractivity contribution < 1.29 is 19.1 Å². The van der Waals surface area contributed by atoms with Crippen LogP contribution < -0.4 is 4.74 Å². The third-order valence-corrected chi connectivity index (χ3v) is 3.72. The van der Waals surface area contributed by atoms with Crippen LogP contribution in [0.4, 0.5) is 4.79 Å². The topological polar surface area (TPSA) is 55.8 Å². The van der Waals surface area contributed by atoms with Crippen LogP contribution in [0.1, 0.15) is 19.4 Å². The maximum absolute atomic E-state index is 12.4. The predicted molar refractivity (Wildman–Crippen MR) is 93.9 cm³/mol. The second kappa shape index (κ2) is 8.15. The molecule has 126 valence electrons. The highest BCUT2D eigenvalue weighted by Crippen LogP contribution is 2.31. The highest BCUT2D eigenvalue weighted by molar-refractivity contribution is 5.95. The molecule has 0 unspecified atom stereocenters. The van der Waals surface area contributed by atoms with E-state index in [1.807, 2.05) is 50.2 Å². The van der Waals surface area contributed by atoms with Crippen LogP contribution in [0.5, 0.6) is 5.75 Å². The minimum atomic E-state index is -0.468. The molecule has 24 heavy (non-hydrogen) atoms. The van der Waals surface area contributed by atoms with Gasteiger partial charge in [-0.2, -0.15) is 0 Å². The van der Waals surface area contributed by atoms with Crippen LogP contribution in [0.25, 0.3) is 16.8 Å². The van der Waals surface area contributed by atoms with Crippen molar-refractivity contribution in [2.45, 2.75) is 13.8 Å². The summed E-state index contributed by atoms with van der Waals surface area (Å²) in [4.78, 5) is 25.3. The summed E-state index contributed by atoms with van der Waals surface area (Å²) < 4.78 is 10.3. The number of fused-ring (bicyclic) bond motifs is 1. The van der Waals surface area contributed by atoms with Crippen LogP contribution in [0.15, 0.2) is 42.5 Å². The van der Waals surface area contributed by atoms with Crippen molar-refractivity contribution in [2.24, 2.45) is 0 Å². The average molecular weight is 327 g/mol. The summed E-state index contributed by atoms with van der Waals surface area (Å²) in [6.07, 6.45) is 2.48. The van der Waals surface area contributed by atoms with Gasteiger partial charge in [0.05, 0.1) is 7.11 Å². The molecule has 0 saturated heterocycles. The summed E-state index contributed by atoms with van der Waals surface area (Å²) in [5.74, 6) is -0.0330. The summed E-state index contributed by atoms with van der Waals surface area (Å²) in [6, 6.07) is 11.4. The Labute approximate surface area is 141 Å². The number of ether oxygens (including phenoxy) is 2. The first-order valence-electron chi connectivity index (χ1n) is 7.85. The molecule has 2 aromatic rings. The van der Waals surface area contributed by atoms with E-state index in [4.69, 9.17) is 4.74 Å². The minimum absolute atomic E-state index is 0.413. The first-order chi connectivity index (χ1) is 11.6. The van der Waals surface area contributed by atoms with Crippen LogP contribution >= 0.6 is 0 Å². The van der Waals surface area contributed by atoms with E-state index in [1.165, 1.54) is 13.2 Å². The van der Waals surface area contributed by atoms with Gasteiger partial charge in [0.2, 0.25) is 0 Å². The lowest BCUT2D eigenvalue weighted by Crippen LogP contribution is -2.33. The van der Waals surface area contributed by atoms with E-state index in [0.29, 0.717) is 24.4 Å². The van der Waals surface area contributed by atoms with Gasteiger partial charge in [0.25, 0.3) is 0 Å². The average Bonchev–Trinajstić information content (AvgIpc) is 2.61. The second-order valence-corrected chi connectivity index (χ2v) is 5.10. The van der Waals surface area contributed by atoms with E-state index in [2.05, 4.69) is 4.74 Å². The summed E-state index contributed by atoms with van der Waals surface area (Å²) in [5, 5.41) is 1.76. The third-order valence-electron chi connectivity index (χ3n) is 3.72. The quantitative estimate of drug-likeness (QED) is 0.618. The van der Waals surface area contributed by atoms with E-state index in [1.54, 1.807) is 11.0 Å². The largest absolute Gasteiger partial charge is 0.466 e. The molecule has 0 saturated carbocycles. The van der Waals surface area contributed by atoms with Gasteiger partial charge in [-0.3, -0.25) is 0 Å². The van der Waals surface area contributed by atoms with Crippen molar-refractivity contribution in [2.75, 3.05) is 20.2 Å². The Morgan fingerprint density at radius 3 is 2.46 bits per heavy atom. The van der Waals surface area contributed by atoms with E-state index in [0.717, 1.165) is 10.8 Å². The second-order valence-electron chi connectivity index (χ2n) is 5.10. The molecule has 2 aromatic carbocycles. The van der Waals surface area contributed by atoms with E-state index in [9.17, 15) is 9.59 Å². The number of hydrogen-bond donors (Lipinski definition) is 0. The van der Waals surface area contributed by atoms with Crippen LogP contribution in [0.3, 0.4) is 0 Å². The SMILES string of the molecule is CCN(CC)C(=O)Oc1c(/C=C/C(=O)OC)ccc2ccccc12. The zero-order chi connectivity index (χ0) is 17.5. The van der Waals surface area contributed by atoms with Gasteiger partial charge in [-0.15, -0.1) is 0 Å². The number of hydrogen-bond acceptors (Lipinski definition) is 4. The molecule has 0 aliphatic heterocycles. The van der Waals surface area contributed by atoms with Gasteiger partial charge in [0, 0.05) is 30.1 Å². The lowest BCUT2D eigenvalue weighted by Gasteiger charge is -2.19. The monoisotopic (exact) mass is 327 g/mol. The van der Waals surface area contributed by atoms with Gasteiger partial charge < -0.3 is 14.4 Å². The Kier molecular flexibility index (Phi) is 5.95. The third kappa shape index (κ3) is 3.93. The minimum Gasteiger partial charge on any atom is -0.466 e. The standard InChI is InChI=1S/C19H21NO4/c1-4-20(5-2)19(22)24-18-15(12-13-17(21)23-3)11-10-14-8-6-7-9-16(14)18/h6-13H,4-5H2,1-3H3/b13-12+. The fourth-order valence-corrected chi connectivity index (χ4v) is 2.36. The molecular weight excluding hydrogens is 306 g/mol. The number of benzene rings is 2. The first-order valence-corrected chi connectivity index (χ1v) is 7.85. The fourth-order valence-electron chi connectivity index (χ4n) is 2.36. The van der Waals surface area contributed by atoms with E-state index >= 15 is 0 Å². The summed E-state index contributed by atoms with van der Waals surface area (Å²) >= 11 is 0. The Morgan fingerprint density at radius 2 is 1.79 bits per heavy atom.